The lowest BCUT2D eigenvalue weighted by Gasteiger charge is -2.04. The molecule has 1 atom stereocenters. The third-order valence-electron chi connectivity index (χ3n) is 2.18. The first-order valence-electron chi connectivity index (χ1n) is 4.58. The first-order chi connectivity index (χ1) is 7.20. The molecule has 0 aromatic carbocycles. The normalized spacial score (nSPS) is 13.0. The summed E-state index contributed by atoms with van der Waals surface area (Å²) in [5, 5.41) is 8.49. The van der Waals surface area contributed by atoms with Crippen LogP contribution in [-0.4, -0.2) is 12.0 Å². The second-order valence-corrected chi connectivity index (χ2v) is 5.90. The van der Waals surface area contributed by atoms with Crippen molar-refractivity contribution in [1.82, 2.24) is 10.3 Å². The Morgan fingerprint density at radius 3 is 2.80 bits per heavy atom. The van der Waals surface area contributed by atoms with Crippen molar-refractivity contribution in [3.63, 3.8) is 0 Å². The lowest BCUT2D eigenvalue weighted by Crippen LogP contribution is -2.12. The molecule has 1 unspecified atom stereocenters. The van der Waals surface area contributed by atoms with Gasteiger partial charge in [-0.05, 0) is 36.0 Å². The van der Waals surface area contributed by atoms with Crippen LogP contribution in [0.5, 0.6) is 0 Å². The van der Waals surface area contributed by atoms with Crippen molar-refractivity contribution in [2.45, 2.75) is 13.0 Å². The fraction of sp³-hybridized carbons (Fsp3) is 0.300. The Balaban J connectivity index is 2.27. The summed E-state index contributed by atoms with van der Waals surface area (Å²) < 4.78 is 1.13. The highest BCUT2D eigenvalue weighted by Gasteiger charge is 2.10. The fourth-order valence-corrected chi connectivity index (χ4v) is 3.59. The summed E-state index contributed by atoms with van der Waals surface area (Å²) in [5.41, 5.74) is 1.11. The molecule has 2 heterocycles. The van der Waals surface area contributed by atoms with Gasteiger partial charge >= 0.3 is 0 Å². The summed E-state index contributed by atoms with van der Waals surface area (Å²) in [6.45, 7) is 2.11. The molecule has 1 N–H and O–H groups in total. The summed E-state index contributed by atoms with van der Waals surface area (Å²) in [6.07, 6.45) is 0. The topological polar surface area (TPSA) is 24.9 Å². The van der Waals surface area contributed by atoms with Crippen molar-refractivity contribution in [2.24, 2.45) is 0 Å². The molecule has 80 valence electrons. The van der Waals surface area contributed by atoms with E-state index >= 15 is 0 Å². The van der Waals surface area contributed by atoms with Crippen LogP contribution in [0.3, 0.4) is 0 Å². The molecule has 0 radical (unpaired) electrons. The molecule has 2 nitrogen and oxygen atoms in total. The van der Waals surface area contributed by atoms with E-state index in [0.717, 1.165) is 15.2 Å². The van der Waals surface area contributed by atoms with Gasteiger partial charge in [-0.2, -0.15) is 0 Å². The van der Waals surface area contributed by atoms with Gasteiger partial charge in [0.2, 0.25) is 0 Å². The maximum absolute atomic E-state index is 4.61. The van der Waals surface area contributed by atoms with E-state index in [-0.39, 0.29) is 0 Å². The largest absolute Gasteiger partial charge is 0.312 e. The number of aromatic nitrogens is 1. The number of nitrogens with one attached hydrogen (secondary N) is 1. The van der Waals surface area contributed by atoms with Crippen LogP contribution in [0.2, 0.25) is 0 Å². The zero-order chi connectivity index (χ0) is 10.8. The fourth-order valence-electron chi connectivity index (χ4n) is 1.17. The molecule has 0 aliphatic heterocycles. The maximum Gasteiger partial charge on any atom is 0.133 e. The highest BCUT2D eigenvalue weighted by atomic mass is 79.9. The summed E-state index contributed by atoms with van der Waals surface area (Å²) in [5.74, 6) is 0. The van der Waals surface area contributed by atoms with Crippen LogP contribution in [0.15, 0.2) is 21.3 Å². The quantitative estimate of drug-likeness (QED) is 0.930. The van der Waals surface area contributed by atoms with E-state index in [1.54, 1.807) is 22.7 Å². The number of nitrogens with zero attached hydrogens (tertiary/aromatic N) is 1. The SMILES string of the molecule is CNC(C)c1csc(-c2cc(Br)cs2)n1. The van der Waals surface area contributed by atoms with Crippen molar-refractivity contribution in [3.8, 4) is 9.88 Å². The Hall–Kier alpha value is -0.230. The van der Waals surface area contributed by atoms with Crippen molar-refractivity contribution in [2.75, 3.05) is 7.05 Å². The van der Waals surface area contributed by atoms with Crippen LogP contribution in [0, 0.1) is 0 Å². The molecule has 0 spiro atoms. The van der Waals surface area contributed by atoms with Crippen LogP contribution >= 0.6 is 38.6 Å². The minimum absolute atomic E-state index is 0.318. The first-order valence-corrected chi connectivity index (χ1v) is 7.13. The maximum atomic E-state index is 4.61. The number of rotatable bonds is 3. The molecule has 0 saturated heterocycles. The molecule has 0 aliphatic rings. The van der Waals surface area contributed by atoms with Crippen molar-refractivity contribution in [1.29, 1.82) is 0 Å². The van der Waals surface area contributed by atoms with Gasteiger partial charge in [-0.15, -0.1) is 22.7 Å². The van der Waals surface area contributed by atoms with E-state index in [1.807, 2.05) is 7.05 Å². The third-order valence-corrected chi connectivity index (χ3v) is 4.90. The van der Waals surface area contributed by atoms with Crippen molar-refractivity contribution >= 4 is 38.6 Å². The zero-order valence-corrected chi connectivity index (χ0v) is 11.7. The Kier molecular flexibility index (Phi) is 3.56. The Labute approximate surface area is 106 Å². The summed E-state index contributed by atoms with van der Waals surface area (Å²) >= 11 is 6.87. The first kappa shape index (κ1) is 11.3. The molecule has 2 aromatic heterocycles. The van der Waals surface area contributed by atoms with Crippen LogP contribution in [0.4, 0.5) is 0 Å². The van der Waals surface area contributed by atoms with Gasteiger partial charge in [-0.25, -0.2) is 4.98 Å². The number of halogens is 1. The third kappa shape index (κ3) is 2.47. The summed E-state index contributed by atoms with van der Waals surface area (Å²) in [6, 6.07) is 2.43. The number of hydrogen-bond acceptors (Lipinski definition) is 4. The van der Waals surface area contributed by atoms with Crippen LogP contribution in [0.1, 0.15) is 18.7 Å². The number of hydrogen-bond donors (Lipinski definition) is 1. The Morgan fingerprint density at radius 2 is 2.20 bits per heavy atom. The Bertz CT molecular complexity index is 450. The van der Waals surface area contributed by atoms with E-state index in [1.165, 1.54) is 4.88 Å². The van der Waals surface area contributed by atoms with E-state index in [4.69, 9.17) is 0 Å². The van der Waals surface area contributed by atoms with E-state index in [9.17, 15) is 0 Å². The minimum atomic E-state index is 0.318. The number of thiophene rings is 1. The van der Waals surface area contributed by atoms with Crippen LogP contribution < -0.4 is 5.32 Å². The molecular weight excluding hydrogens is 292 g/mol. The van der Waals surface area contributed by atoms with E-state index in [0.29, 0.717) is 6.04 Å². The monoisotopic (exact) mass is 302 g/mol. The van der Waals surface area contributed by atoms with Gasteiger partial charge in [0.25, 0.3) is 0 Å². The minimum Gasteiger partial charge on any atom is -0.312 e. The lowest BCUT2D eigenvalue weighted by molar-refractivity contribution is 0.637. The molecule has 0 fully saturated rings. The highest BCUT2D eigenvalue weighted by molar-refractivity contribution is 9.10. The zero-order valence-electron chi connectivity index (χ0n) is 8.45. The average molecular weight is 303 g/mol. The Morgan fingerprint density at radius 1 is 1.40 bits per heavy atom. The van der Waals surface area contributed by atoms with Gasteiger partial charge in [-0.3, -0.25) is 0 Å². The predicted molar refractivity (Wildman–Crippen MR) is 70.6 cm³/mol. The van der Waals surface area contributed by atoms with Gasteiger partial charge in [-0.1, -0.05) is 0 Å². The average Bonchev–Trinajstić information content (AvgIpc) is 2.84. The molecule has 5 heteroatoms. The number of thiazole rings is 1. The van der Waals surface area contributed by atoms with E-state index < -0.39 is 0 Å². The van der Waals surface area contributed by atoms with Crippen LogP contribution in [-0.2, 0) is 0 Å². The lowest BCUT2D eigenvalue weighted by atomic mass is 10.3. The second kappa shape index (κ2) is 4.74. The molecule has 15 heavy (non-hydrogen) atoms. The molecule has 0 amide bonds. The molecular formula is C10H11BrN2S2. The smallest absolute Gasteiger partial charge is 0.133 e. The van der Waals surface area contributed by atoms with Crippen molar-refractivity contribution < 1.29 is 0 Å². The van der Waals surface area contributed by atoms with Gasteiger partial charge in [0, 0.05) is 21.3 Å². The predicted octanol–water partition coefficient (Wildman–Crippen LogP) is 3.91. The molecule has 0 bridgehead atoms. The summed E-state index contributed by atoms with van der Waals surface area (Å²) in [7, 11) is 1.95. The van der Waals surface area contributed by atoms with Crippen molar-refractivity contribution in [3.05, 3.63) is 27.0 Å². The second-order valence-electron chi connectivity index (χ2n) is 3.22. The standard InChI is InChI=1S/C10H11BrN2S2/c1-6(12-2)8-5-15-10(13-8)9-3-7(11)4-14-9/h3-6,12H,1-2H3. The van der Waals surface area contributed by atoms with Crippen LogP contribution in [0.25, 0.3) is 9.88 Å². The van der Waals surface area contributed by atoms with Gasteiger partial charge in [0.1, 0.15) is 5.01 Å². The molecule has 0 aliphatic carbocycles. The van der Waals surface area contributed by atoms with Gasteiger partial charge in [0.05, 0.1) is 10.6 Å². The summed E-state index contributed by atoms with van der Waals surface area (Å²) in [4.78, 5) is 5.83. The van der Waals surface area contributed by atoms with E-state index in [2.05, 4.69) is 50.0 Å². The van der Waals surface area contributed by atoms with Gasteiger partial charge in [0.15, 0.2) is 0 Å². The highest BCUT2D eigenvalue weighted by Crippen LogP contribution is 2.32. The molecule has 2 aromatic rings. The molecule has 2 rings (SSSR count). The molecule has 0 saturated carbocycles. The van der Waals surface area contributed by atoms with Gasteiger partial charge < -0.3 is 5.32 Å².